The van der Waals surface area contributed by atoms with E-state index >= 15 is 0 Å². The van der Waals surface area contributed by atoms with Crippen LogP contribution in [0.5, 0.6) is 5.75 Å². The van der Waals surface area contributed by atoms with Crippen molar-refractivity contribution in [1.29, 1.82) is 0 Å². The van der Waals surface area contributed by atoms with E-state index in [0.717, 1.165) is 6.26 Å². The average Bonchev–Trinajstić information content (AvgIpc) is 2.24. The maximum absolute atomic E-state index is 11.2. The lowest BCUT2D eigenvalue weighted by molar-refractivity contribution is 0.0999. The fourth-order valence-corrected chi connectivity index (χ4v) is 2.86. The second kappa shape index (κ2) is 6.58. The summed E-state index contributed by atoms with van der Waals surface area (Å²) < 4.78 is 27.7. The summed E-state index contributed by atoms with van der Waals surface area (Å²) >= 11 is 9.12. The second-order valence-electron chi connectivity index (χ2n) is 3.96. The van der Waals surface area contributed by atoms with Crippen LogP contribution in [0.15, 0.2) is 16.6 Å². The van der Waals surface area contributed by atoms with E-state index < -0.39 is 15.7 Å². The smallest absolute Gasteiger partial charge is 0.249 e. The summed E-state index contributed by atoms with van der Waals surface area (Å²) in [5.41, 5.74) is 5.45. The predicted molar refractivity (Wildman–Crippen MR) is 77.5 cm³/mol. The Bertz CT molecular complexity index is 589. The van der Waals surface area contributed by atoms with Gasteiger partial charge in [-0.15, -0.1) is 0 Å². The topological polar surface area (TPSA) is 86.5 Å². The lowest BCUT2D eigenvalue weighted by Crippen LogP contribution is -2.12. The van der Waals surface area contributed by atoms with Gasteiger partial charge in [-0.3, -0.25) is 4.79 Å². The number of hydrogen-bond acceptors (Lipinski definition) is 4. The number of carbonyl (C=O) groups is 1. The highest BCUT2D eigenvalue weighted by molar-refractivity contribution is 9.10. The Morgan fingerprint density at radius 3 is 2.63 bits per heavy atom. The van der Waals surface area contributed by atoms with E-state index in [2.05, 4.69) is 15.9 Å². The molecule has 0 unspecified atom stereocenters. The summed E-state index contributed by atoms with van der Waals surface area (Å²) in [6.45, 7) is 0.187. The van der Waals surface area contributed by atoms with Crippen molar-refractivity contribution in [3.63, 3.8) is 0 Å². The highest BCUT2D eigenvalue weighted by Gasteiger charge is 2.12. The molecule has 0 radical (unpaired) electrons. The molecule has 19 heavy (non-hydrogen) atoms. The maximum atomic E-state index is 11.2. The van der Waals surface area contributed by atoms with Gasteiger partial charge < -0.3 is 10.5 Å². The van der Waals surface area contributed by atoms with Crippen molar-refractivity contribution in [3.05, 3.63) is 27.2 Å². The van der Waals surface area contributed by atoms with E-state index in [9.17, 15) is 13.2 Å². The van der Waals surface area contributed by atoms with Gasteiger partial charge in [0.1, 0.15) is 15.6 Å². The van der Waals surface area contributed by atoms with Crippen LogP contribution in [0.4, 0.5) is 0 Å². The van der Waals surface area contributed by atoms with Gasteiger partial charge in [0.2, 0.25) is 5.91 Å². The molecule has 1 aromatic carbocycles. The fraction of sp³-hybridized carbons (Fsp3) is 0.364. The van der Waals surface area contributed by atoms with Gasteiger partial charge in [-0.1, -0.05) is 11.6 Å². The highest BCUT2D eigenvalue weighted by atomic mass is 79.9. The first kappa shape index (κ1) is 16.3. The molecule has 0 aliphatic rings. The Balaban J connectivity index is 2.73. The number of amides is 1. The average molecular weight is 371 g/mol. The molecule has 5 nitrogen and oxygen atoms in total. The minimum Gasteiger partial charge on any atom is -0.492 e. The van der Waals surface area contributed by atoms with Gasteiger partial charge in [-0.2, -0.15) is 0 Å². The Hall–Kier alpha value is -0.790. The number of halogens is 2. The van der Waals surface area contributed by atoms with Gasteiger partial charge in [0.05, 0.1) is 22.9 Å². The number of hydrogen-bond donors (Lipinski definition) is 1. The molecule has 0 bridgehead atoms. The van der Waals surface area contributed by atoms with E-state index in [1.807, 2.05) is 0 Å². The van der Waals surface area contributed by atoms with Crippen molar-refractivity contribution in [1.82, 2.24) is 0 Å². The molecule has 0 aliphatic heterocycles. The second-order valence-corrected chi connectivity index (χ2v) is 7.48. The number of ether oxygens (including phenoxy) is 1. The standard InChI is InChI=1S/C11H13BrClNO4S/c1-19(16,17)4-2-3-18-10-5-7(11(14)15)8(12)6-9(10)13/h5-6H,2-4H2,1H3,(H2,14,15). The van der Waals surface area contributed by atoms with Crippen LogP contribution in [0.2, 0.25) is 5.02 Å². The molecular formula is C11H13BrClNO4S. The van der Waals surface area contributed by atoms with E-state index in [1.165, 1.54) is 12.1 Å². The number of primary amides is 1. The van der Waals surface area contributed by atoms with Gasteiger partial charge in [0.15, 0.2) is 0 Å². The first-order valence-electron chi connectivity index (χ1n) is 5.30. The molecule has 0 aliphatic carbocycles. The Labute approximate surface area is 125 Å². The SMILES string of the molecule is CS(=O)(=O)CCCOc1cc(C(N)=O)c(Br)cc1Cl. The third-order valence-electron chi connectivity index (χ3n) is 2.20. The molecule has 106 valence electrons. The Morgan fingerprint density at radius 1 is 1.47 bits per heavy atom. The first-order chi connectivity index (χ1) is 8.70. The minimum absolute atomic E-state index is 0.0316. The van der Waals surface area contributed by atoms with Crippen LogP contribution in [0, 0.1) is 0 Å². The number of rotatable bonds is 6. The molecule has 0 spiro atoms. The molecule has 1 amide bonds. The van der Waals surface area contributed by atoms with Crippen molar-refractivity contribution in [2.45, 2.75) is 6.42 Å². The van der Waals surface area contributed by atoms with Crippen LogP contribution in [0.25, 0.3) is 0 Å². The van der Waals surface area contributed by atoms with Crippen LogP contribution in [0.3, 0.4) is 0 Å². The summed E-state index contributed by atoms with van der Waals surface area (Å²) in [5, 5.41) is 0.316. The van der Waals surface area contributed by atoms with Crippen LogP contribution < -0.4 is 10.5 Å². The van der Waals surface area contributed by atoms with Crippen LogP contribution in [-0.4, -0.2) is 32.9 Å². The van der Waals surface area contributed by atoms with E-state index in [4.69, 9.17) is 22.1 Å². The summed E-state index contributed by atoms with van der Waals surface area (Å²) in [6.07, 6.45) is 1.50. The van der Waals surface area contributed by atoms with Crippen LogP contribution in [0.1, 0.15) is 16.8 Å². The zero-order chi connectivity index (χ0) is 14.6. The molecule has 0 saturated heterocycles. The predicted octanol–water partition coefficient (Wildman–Crippen LogP) is 2.01. The number of nitrogens with two attached hydrogens (primary N) is 1. The Kier molecular flexibility index (Phi) is 5.64. The molecule has 1 aromatic rings. The van der Waals surface area contributed by atoms with Gasteiger partial charge in [-0.25, -0.2) is 8.42 Å². The molecular weight excluding hydrogens is 358 g/mol. The quantitative estimate of drug-likeness (QED) is 0.776. The van der Waals surface area contributed by atoms with Crippen molar-refractivity contribution in [3.8, 4) is 5.75 Å². The van der Waals surface area contributed by atoms with Gasteiger partial charge in [0, 0.05) is 10.7 Å². The number of sulfone groups is 1. The lowest BCUT2D eigenvalue weighted by Gasteiger charge is -2.10. The zero-order valence-electron chi connectivity index (χ0n) is 10.2. The summed E-state index contributed by atoms with van der Waals surface area (Å²) in [6, 6.07) is 2.93. The molecule has 0 aromatic heterocycles. The monoisotopic (exact) mass is 369 g/mol. The molecule has 2 N–H and O–H groups in total. The molecule has 0 atom stereocenters. The fourth-order valence-electron chi connectivity index (χ4n) is 1.33. The minimum atomic E-state index is -3.01. The van der Waals surface area contributed by atoms with Gasteiger partial charge in [0.25, 0.3) is 0 Å². The van der Waals surface area contributed by atoms with Crippen molar-refractivity contribution >= 4 is 43.3 Å². The lowest BCUT2D eigenvalue weighted by atomic mass is 10.2. The molecule has 0 fully saturated rings. The van der Waals surface area contributed by atoms with Crippen molar-refractivity contribution in [2.75, 3.05) is 18.6 Å². The largest absolute Gasteiger partial charge is 0.492 e. The van der Waals surface area contributed by atoms with Crippen LogP contribution in [-0.2, 0) is 9.84 Å². The van der Waals surface area contributed by atoms with E-state index in [0.29, 0.717) is 21.7 Å². The molecule has 0 saturated carbocycles. The normalized spacial score (nSPS) is 11.3. The van der Waals surface area contributed by atoms with Crippen molar-refractivity contribution < 1.29 is 17.9 Å². The summed E-state index contributed by atoms with van der Waals surface area (Å²) in [5.74, 6) is -0.277. The number of carbonyl (C=O) groups excluding carboxylic acids is 1. The number of benzene rings is 1. The maximum Gasteiger partial charge on any atom is 0.249 e. The third kappa shape index (κ3) is 5.38. The van der Waals surface area contributed by atoms with Gasteiger partial charge >= 0.3 is 0 Å². The summed E-state index contributed by atoms with van der Waals surface area (Å²) in [4.78, 5) is 11.2. The summed E-state index contributed by atoms with van der Waals surface area (Å²) in [7, 11) is -3.01. The third-order valence-corrected chi connectivity index (χ3v) is 4.19. The van der Waals surface area contributed by atoms with Crippen LogP contribution >= 0.6 is 27.5 Å². The molecule has 0 heterocycles. The first-order valence-corrected chi connectivity index (χ1v) is 8.53. The molecule has 8 heteroatoms. The highest BCUT2D eigenvalue weighted by Crippen LogP contribution is 2.31. The van der Waals surface area contributed by atoms with E-state index in [-0.39, 0.29) is 17.9 Å². The Morgan fingerprint density at radius 2 is 2.11 bits per heavy atom. The van der Waals surface area contributed by atoms with Crippen molar-refractivity contribution in [2.24, 2.45) is 5.73 Å². The molecule has 1 rings (SSSR count). The van der Waals surface area contributed by atoms with E-state index in [1.54, 1.807) is 0 Å². The zero-order valence-corrected chi connectivity index (χ0v) is 13.3. The van der Waals surface area contributed by atoms with Gasteiger partial charge in [-0.05, 0) is 34.5 Å².